The molecule has 10 nitrogen and oxygen atoms in total. The maximum absolute atomic E-state index is 13.6. The average Bonchev–Trinajstić information content (AvgIpc) is 2.71. The van der Waals surface area contributed by atoms with Crippen molar-refractivity contribution in [2.24, 2.45) is 5.73 Å². The highest BCUT2D eigenvalue weighted by molar-refractivity contribution is 6.08. The molecule has 1 rings (SSSR count). The smallest absolute Gasteiger partial charge is 0.407 e. The second-order valence-electron chi connectivity index (χ2n) is 10.4. The van der Waals surface area contributed by atoms with Crippen molar-refractivity contribution in [3.05, 3.63) is 35.1 Å². The van der Waals surface area contributed by atoms with Crippen molar-refractivity contribution in [3.8, 4) is 0 Å². The van der Waals surface area contributed by atoms with Crippen molar-refractivity contribution >= 4 is 23.9 Å². The molecule has 0 spiro atoms. The van der Waals surface area contributed by atoms with Crippen LogP contribution in [0.2, 0.25) is 0 Å². The predicted octanol–water partition coefficient (Wildman–Crippen LogP) is 2.56. The molecule has 0 saturated heterocycles. The number of halogens is 3. The largest absolute Gasteiger partial charge is 0.480 e. The molecule has 37 heavy (non-hydrogen) atoms. The van der Waals surface area contributed by atoms with Gasteiger partial charge in [0, 0.05) is 13.0 Å². The second-order valence-corrected chi connectivity index (χ2v) is 10.4. The number of esters is 1. The lowest BCUT2D eigenvalue weighted by Crippen LogP contribution is -2.63. The summed E-state index contributed by atoms with van der Waals surface area (Å²) in [6.07, 6.45) is -1.74. The number of nitrogens with two attached hydrogens (primary N) is 1. The third-order valence-corrected chi connectivity index (χ3v) is 4.67. The van der Waals surface area contributed by atoms with Crippen molar-refractivity contribution in [1.82, 2.24) is 10.6 Å². The lowest BCUT2D eigenvalue weighted by molar-refractivity contribution is -0.165. The monoisotopic (exact) mass is 533 g/mol. The van der Waals surface area contributed by atoms with Crippen LogP contribution in [0, 0.1) is 17.5 Å². The van der Waals surface area contributed by atoms with Crippen LogP contribution in [-0.2, 0) is 30.3 Å². The van der Waals surface area contributed by atoms with Crippen LogP contribution in [0.15, 0.2) is 12.1 Å². The van der Waals surface area contributed by atoms with Gasteiger partial charge in [0.15, 0.2) is 23.0 Å². The van der Waals surface area contributed by atoms with Gasteiger partial charge in [-0.3, -0.25) is 4.79 Å². The molecule has 0 aliphatic carbocycles. The Morgan fingerprint density at radius 2 is 1.49 bits per heavy atom. The minimum atomic E-state index is -2.38. The number of amides is 2. The zero-order valence-electron chi connectivity index (χ0n) is 21.7. The van der Waals surface area contributed by atoms with Gasteiger partial charge in [-0.1, -0.05) is 0 Å². The van der Waals surface area contributed by atoms with Gasteiger partial charge in [0.05, 0.1) is 0 Å². The highest BCUT2D eigenvalue weighted by Gasteiger charge is 2.46. The van der Waals surface area contributed by atoms with E-state index in [1.807, 2.05) is 0 Å². The summed E-state index contributed by atoms with van der Waals surface area (Å²) >= 11 is 0. The molecule has 0 fully saturated rings. The Hall–Kier alpha value is -3.35. The zero-order chi connectivity index (χ0) is 28.8. The van der Waals surface area contributed by atoms with Gasteiger partial charge in [-0.2, -0.15) is 0 Å². The van der Waals surface area contributed by atoms with Crippen LogP contribution < -0.4 is 16.4 Å². The van der Waals surface area contributed by atoms with Gasteiger partial charge >= 0.3 is 18.0 Å². The van der Waals surface area contributed by atoms with Gasteiger partial charge < -0.3 is 30.9 Å². The molecule has 13 heteroatoms. The lowest BCUT2D eigenvalue weighted by atomic mass is 9.92. The van der Waals surface area contributed by atoms with Gasteiger partial charge in [0.2, 0.25) is 0 Å². The molecule has 0 radical (unpaired) electrons. The minimum absolute atomic E-state index is 0.00543. The summed E-state index contributed by atoms with van der Waals surface area (Å²) in [4.78, 5) is 49.5. The zero-order valence-corrected chi connectivity index (χ0v) is 21.7. The Morgan fingerprint density at radius 3 is 1.95 bits per heavy atom. The Kier molecular flexibility index (Phi) is 10.5. The van der Waals surface area contributed by atoms with Crippen molar-refractivity contribution in [1.29, 1.82) is 0 Å². The van der Waals surface area contributed by atoms with Gasteiger partial charge in [-0.15, -0.1) is 0 Å². The predicted molar refractivity (Wildman–Crippen MR) is 126 cm³/mol. The molecule has 2 atom stereocenters. The molecule has 0 heterocycles. The first-order valence-corrected chi connectivity index (χ1v) is 11.4. The fraction of sp³-hybridized carbons (Fsp3) is 0.583. The molecule has 208 valence electrons. The Bertz CT molecular complexity index is 999. The van der Waals surface area contributed by atoms with Gasteiger partial charge in [-0.25, -0.2) is 27.6 Å². The third-order valence-electron chi connectivity index (χ3n) is 4.67. The Balaban J connectivity index is 3.07. The molecule has 0 bridgehead atoms. The summed E-state index contributed by atoms with van der Waals surface area (Å²) in [7, 11) is 0. The third kappa shape index (κ3) is 10.3. The number of nitrogens with one attached hydrogen (secondary N) is 2. The molecule has 1 aromatic rings. The normalized spacial score (nSPS) is 14.2. The molecule has 2 amide bonds. The summed E-state index contributed by atoms with van der Waals surface area (Å²) in [5.41, 5.74) is 1.69. The topological polar surface area (TPSA) is 157 Å². The van der Waals surface area contributed by atoms with Crippen molar-refractivity contribution in [3.63, 3.8) is 0 Å². The number of carboxylic acid groups (broad SMARTS) is 1. The van der Waals surface area contributed by atoms with E-state index in [2.05, 4.69) is 10.6 Å². The van der Waals surface area contributed by atoms with E-state index in [1.165, 1.54) is 20.8 Å². The molecule has 5 N–H and O–H groups in total. The van der Waals surface area contributed by atoms with E-state index in [0.717, 1.165) is 0 Å². The van der Waals surface area contributed by atoms with Gasteiger partial charge in [0.1, 0.15) is 17.2 Å². The van der Waals surface area contributed by atoms with E-state index in [4.69, 9.17) is 15.2 Å². The van der Waals surface area contributed by atoms with Crippen molar-refractivity contribution in [2.75, 3.05) is 6.54 Å². The summed E-state index contributed by atoms with van der Waals surface area (Å²) in [6.45, 7) is 9.55. The van der Waals surface area contributed by atoms with Crippen molar-refractivity contribution in [2.45, 2.75) is 83.6 Å². The maximum atomic E-state index is 13.6. The molecular weight excluding hydrogens is 499 g/mol. The van der Waals surface area contributed by atoms with Crippen LogP contribution in [0.25, 0.3) is 0 Å². The van der Waals surface area contributed by atoms with Crippen LogP contribution in [0.3, 0.4) is 0 Å². The first kappa shape index (κ1) is 31.7. The van der Waals surface area contributed by atoms with Crippen LogP contribution in [-0.4, -0.2) is 58.4 Å². The number of hydrogen-bond donors (Lipinski definition) is 4. The van der Waals surface area contributed by atoms with E-state index >= 15 is 0 Å². The molecule has 0 saturated carbocycles. The molecule has 0 aliphatic heterocycles. The number of aliphatic carboxylic acids is 1. The average molecular weight is 534 g/mol. The van der Waals surface area contributed by atoms with E-state index in [9.17, 15) is 37.5 Å². The Morgan fingerprint density at radius 1 is 0.973 bits per heavy atom. The molecular formula is C24H34F3N3O7. The lowest BCUT2D eigenvalue weighted by Gasteiger charge is -2.31. The van der Waals surface area contributed by atoms with Gasteiger partial charge in [-0.05, 0) is 72.1 Å². The number of carboxylic acids is 1. The Labute approximate surface area is 213 Å². The SMILES string of the molecule is CC(C)(C)OC(=O)NCCC[C@](N)(C(=O)N[C@H](Cc1cc(F)c(F)c(F)c1)C(=O)O)C(=O)OC(C)(C)C. The maximum Gasteiger partial charge on any atom is 0.407 e. The van der Waals surface area contributed by atoms with Crippen LogP contribution in [0.5, 0.6) is 0 Å². The number of ether oxygens (including phenoxy) is 2. The highest BCUT2D eigenvalue weighted by Crippen LogP contribution is 2.20. The number of rotatable bonds is 10. The number of carbonyl (C=O) groups excluding carboxylic acids is 3. The van der Waals surface area contributed by atoms with Crippen LogP contribution in [0.1, 0.15) is 59.9 Å². The number of carbonyl (C=O) groups is 4. The molecule has 0 unspecified atom stereocenters. The van der Waals surface area contributed by atoms with Gasteiger partial charge in [0.25, 0.3) is 5.91 Å². The van der Waals surface area contributed by atoms with Crippen LogP contribution >= 0.6 is 0 Å². The molecule has 1 aromatic carbocycles. The standard InChI is InChI=1S/C24H34F3N3O7/c1-22(2,3)36-20(34)24(28,8-7-9-29-21(35)37-23(4,5)6)19(33)30-16(18(31)32)12-13-10-14(25)17(27)15(26)11-13/h10-11,16H,7-9,12,28H2,1-6H3,(H,29,35)(H,30,33)(H,31,32)/t16-,24+/m1/s1. The summed E-state index contributed by atoms with van der Waals surface area (Å²) in [5, 5.41) is 14.1. The fourth-order valence-electron chi connectivity index (χ4n) is 3.00. The quantitative estimate of drug-likeness (QED) is 0.155. The van der Waals surface area contributed by atoms with Crippen LogP contribution in [0.4, 0.5) is 18.0 Å². The summed E-state index contributed by atoms with van der Waals surface area (Å²) in [5.74, 6) is -8.79. The van der Waals surface area contributed by atoms with E-state index in [0.29, 0.717) is 12.1 Å². The minimum Gasteiger partial charge on any atom is -0.480 e. The van der Waals surface area contributed by atoms with E-state index < -0.39 is 70.6 Å². The fourth-order valence-corrected chi connectivity index (χ4v) is 3.00. The summed E-state index contributed by atoms with van der Waals surface area (Å²) < 4.78 is 50.7. The highest BCUT2D eigenvalue weighted by atomic mass is 19.2. The number of alkyl carbamates (subject to hydrolysis) is 1. The number of hydrogen-bond acceptors (Lipinski definition) is 7. The summed E-state index contributed by atoms with van der Waals surface area (Å²) in [6, 6.07) is -0.597. The number of benzene rings is 1. The van der Waals surface area contributed by atoms with Crippen molar-refractivity contribution < 1.29 is 46.9 Å². The first-order valence-electron chi connectivity index (χ1n) is 11.4. The molecule has 0 aliphatic rings. The molecule has 0 aromatic heterocycles. The second kappa shape index (κ2) is 12.3. The first-order chi connectivity index (χ1) is 16.7. The van der Waals surface area contributed by atoms with E-state index in [-0.39, 0.29) is 24.9 Å². The van der Waals surface area contributed by atoms with E-state index in [1.54, 1.807) is 20.8 Å².